The van der Waals surface area contributed by atoms with Crippen LogP contribution >= 0.6 is 0 Å². The lowest BCUT2D eigenvalue weighted by molar-refractivity contribution is 0.598. The molecule has 0 spiro atoms. The third-order valence-corrected chi connectivity index (χ3v) is 2.18. The molecule has 80 valence electrons. The van der Waals surface area contributed by atoms with Crippen molar-refractivity contribution in [3.63, 3.8) is 0 Å². The Balaban J connectivity index is 2.32. The lowest BCUT2D eigenvalue weighted by Crippen LogP contribution is -2.10. The summed E-state index contributed by atoms with van der Waals surface area (Å²) in [7, 11) is 0. The van der Waals surface area contributed by atoms with E-state index in [1.165, 1.54) is 0 Å². The monoisotopic (exact) mass is 213 g/mol. The number of hydrogen-bond donors (Lipinski definition) is 1. The van der Waals surface area contributed by atoms with Crippen molar-refractivity contribution in [2.75, 3.05) is 6.54 Å². The summed E-state index contributed by atoms with van der Waals surface area (Å²) in [6.07, 6.45) is 1.82. The van der Waals surface area contributed by atoms with Crippen molar-refractivity contribution in [1.82, 2.24) is 15.0 Å². The minimum atomic E-state index is 0.529. The Morgan fingerprint density at radius 3 is 3.06 bits per heavy atom. The predicted molar refractivity (Wildman–Crippen MR) is 59.2 cm³/mol. The summed E-state index contributed by atoms with van der Waals surface area (Å²) in [5.74, 6) is 0. The highest BCUT2D eigenvalue weighted by Gasteiger charge is 2.03. The van der Waals surface area contributed by atoms with Gasteiger partial charge in [-0.3, -0.25) is 4.68 Å². The van der Waals surface area contributed by atoms with Gasteiger partial charge < -0.3 is 5.73 Å². The van der Waals surface area contributed by atoms with Crippen molar-refractivity contribution in [3.8, 4) is 17.3 Å². The first kappa shape index (κ1) is 10.3. The van der Waals surface area contributed by atoms with Crippen molar-refractivity contribution in [2.24, 2.45) is 5.73 Å². The van der Waals surface area contributed by atoms with E-state index < -0.39 is 0 Å². The average molecular weight is 213 g/mol. The molecule has 1 heterocycles. The van der Waals surface area contributed by atoms with E-state index in [9.17, 15) is 0 Å². The second-order valence-electron chi connectivity index (χ2n) is 3.35. The van der Waals surface area contributed by atoms with Gasteiger partial charge in [-0.15, -0.1) is 5.10 Å². The molecule has 1 aromatic carbocycles. The number of nitrogens with zero attached hydrogens (tertiary/aromatic N) is 4. The van der Waals surface area contributed by atoms with Crippen LogP contribution in [-0.4, -0.2) is 21.5 Å². The quantitative estimate of drug-likeness (QED) is 0.816. The highest BCUT2D eigenvalue weighted by Crippen LogP contribution is 2.16. The van der Waals surface area contributed by atoms with Gasteiger partial charge in [0.25, 0.3) is 0 Å². The number of benzene rings is 1. The lowest BCUT2D eigenvalue weighted by atomic mass is 10.1. The smallest absolute Gasteiger partial charge is 0.113 e. The van der Waals surface area contributed by atoms with Crippen LogP contribution < -0.4 is 5.73 Å². The molecule has 0 saturated heterocycles. The van der Waals surface area contributed by atoms with Crippen molar-refractivity contribution in [3.05, 3.63) is 36.0 Å². The standard InChI is InChI=1S/C11H11N5/c12-4-5-16-8-11(14-15-16)10-3-1-2-9(6-10)7-13/h1-3,6,8H,4-5,12H2. The Labute approximate surface area is 93.1 Å². The molecule has 1 aromatic heterocycles. The SMILES string of the molecule is N#Cc1cccc(-c2cn(CCN)nn2)c1. The predicted octanol–water partition coefficient (Wildman–Crippen LogP) is 0.775. The lowest BCUT2D eigenvalue weighted by Gasteiger charge is -1.95. The molecule has 2 N–H and O–H groups in total. The first-order chi connectivity index (χ1) is 7.83. The van der Waals surface area contributed by atoms with Crippen LogP contribution in [0, 0.1) is 11.3 Å². The van der Waals surface area contributed by atoms with Crippen LogP contribution in [-0.2, 0) is 6.54 Å². The first-order valence-electron chi connectivity index (χ1n) is 4.94. The van der Waals surface area contributed by atoms with Gasteiger partial charge in [-0.2, -0.15) is 5.26 Å². The van der Waals surface area contributed by atoms with Gasteiger partial charge in [-0.1, -0.05) is 17.3 Å². The zero-order chi connectivity index (χ0) is 11.4. The topological polar surface area (TPSA) is 80.5 Å². The van der Waals surface area contributed by atoms with Crippen molar-refractivity contribution in [1.29, 1.82) is 5.26 Å². The fourth-order valence-corrected chi connectivity index (χ4v) is 1.42. The highest BCUT2D eigenvalue weighted by molar-refractivity contribution is 5.60. The average Bonchev–Trinajstić information content (AvgIpc) is 2.78. The summed E-state index contributed by atoms with van der Waals surface area (Å²) < 4.78 is 1.69. The van der Waals surface area contributed by atoms with Crippen molar-refractivity contribution >= 4 is 0 Å². The second-order valence-corrected chi connectivity index (χ2v) is 3.35. The van der Waals surface area contributed by atoms with E-state index in [-0.39, 0.29) is 0 Å². The van der Waals surface area contributed by atoms with Crippen LogP contribution in [0.4, 0.5) is 0 Å². The molecule has 0 atom stereocenters. The minimum absolute atomic E-state index is 0.529. The number of nitrogens with two attached hydrogens (primary N) is 1. The van der Waals surface area contributed by atoms with Gasteiger partial charge >= 0.3 is 0 Å². The van der Waals surface area contributed by atoms with Crippen LogP contribution in [0.25, 0.3) is 11.3 Å². The van der Waals surface area contributed by atoms with E-state index in [0.29, 0.717) is 18.7 Å². The van der Waals surface area contributed by atoms with E-state index in [4.69, 9.17) is 11.0 Å². The molecule has 0 aliphatic carbocycles. The van der Waals surface area contributed by atoms with Gasteiger partial charge in [-0.25, -0.2) is 0 Å². The largest absolute Gasteiger partial charge is 0.329 e. The first-order valence-corrected chi connectivity index (χ1v) is 4.94. The van der Waals surface area contributed by atoms with Crippen molar-refractivity contribution < 1.29 is 0 Å². The number of rotatable bonds is 3. The summed E-state index contributed by atoms with van der Waals surface area (Å²) in [4.78, 5) is 0. The van der Waals surface area contributed by atoms with Gasteiger partial charge in [0.1, 0.15) is 5.69 Å². The molecular weight excluding hydrogens is 202 g/mol. The fraction of sp³-hybridized carbons (Fsp3) is 0.182. The normalized spacial score (nSPS) is 10.0. The van der Waals surface area contributed by atoms with Crippen molar-refractivity contribution in [2.45, 2.75) is 6.54 Å². The summed E-state index contributed by atoms with van der Waals surface area (Å²) in [5, 5.41) is 16.8. The van der Waals surface area contributed by atoms with E-state index in [1.807, 2.05) is 18.3 Å². The summed E-state index contributed by atoms with van der Waals surface area (Å²) in [6.45, 7) is 1.17. The Morgan fingerprint density at radius 2 is 2.31 bits per heavy atom. The fourth-order valence-electron chi connectivity index (χ4n) is 1.42. The molecule has 16 heavy (non-hydrogen) atoms. The molecule has 0 aliphatic heterocycles. The van der Waals surface area contributed by atoms with Crippen LogP contribution in [0.5, 0.6) is 0 Å². The summed E-state index contributed by atoms with van der Waals surface area (Å²) in [5.41, 5.74) is 7.69. The molecule has 0 saturated carbocycles. The maximum absolute atomic E-state index is 8.79. The van der Waals surface area contributed by atoms with Gasteiger partial charge in [0.2, 0.25) is 0 Å². The molecular formula is C11H11N5. The molecule has 0 aliphatic rings. The maximum Gasteiger partial charge on any atom is 0.113 e. The summed E-state index contributed by atoms with van der Waals surface area (Å²) in [6, 6.07) is 9.37. The molecule has 0 fully saturated rings. The Bertz CT molecular complexity index is 523. The number of aromatic nitrogens is 3. The maximum atomic E-state index is 8.79. The van der Waals surface area contributed by atoms with Crippen LogP contribution in [0.3, 0.4) is 0 Å². The number of nitriles is 1. The van der Waals surface area contributed by atoms with Gasteiger partial charge in [0.05, 0.1) is 24.4 Å². The third-order valence-electron chi connectivity index (χ3n) is 2.18. The molecule has 5 nitrogen and oxygen atoms in total. The van der Waals surface area contributed by atoms with E-state index in [0.717, 1.165) is 11.3 Å². The van der Waals surface area contributed by atoms with Crippen LogP contribution in [0.2, 0.25) is 0 Å². The van der Waals surface area contributed by atoms with E-state index in [1.54, 1.807) is 16.8 Å². The molecule has 5 heteroatoms. The van der Waals surface area contributed by atoms with Gasteiger partial charge in [0.15, 0.2) is 0 Å². The zero-order valence-corrected chi connectivity index (χ0v) is 8.67. The molecule has 0 amide bonds. The summed E-state index contributed by atoms with van der Waals surface area (Å²) >= 11 is 0. The molecule has 0 radical (unpaired) electrons. The Kier molecular flexibility index (Phi) is 2.94. The van der Waals surface area contributed by atoms with E-state index >= 15 is 0 Å². The van der Waals surface area contributed by atoms with Crippen LogP contribution in [0.1, 0.15) is 5.56 Å². The Morgan fingerprint density at radius 1 is 1.44 bits per heavy atom. The molecule has 2 rings (SSSR count). The van der Waals surface area contributed by atoms with Gasteiger partial charge in [-0.05, 0) is 12.1 Å². The minimum Gasteiger partial charge on any atom is -0.329 e. The van der Waals surface area contributed by atoms with Gasteiger partial charge in [0, 0.05) is 12.1 Å². The second kappa shape index (κ2) is 4.55. The third kappa shape index (κ3) is 2.07. The zero-order valence-electron chi connectivity index (χ0n) is 8.67. The highest BCUT2D eigenvalue weighted by atomic mass is 15.4. The molecule has 0 bridgehead atoms. The molecule has 2 aromatic rings. The number of hydrogen-bond acceptors (Lipinski definition) is 4. The van der Waals surface area contributed by atoms with E-state index in [2.05, 4.69) is 16.4 Å². The molecule has 0 unspecified atom stereocenters. The van der Waals surface area contributed by atoms with Crippen LogP contribution in [0.15, 0.2) is 30.5 Å². The Hall–Kier alpha value is -2.19.